The first kappa shape index (κ1) is 8.69. The summed E-state index contributed by atoms with van der Waals surface area (Å²) in [6.07, 6.45) is 1.47. The maximum atomic E-state index is 10.3. The molecule has 1 heterocycles. The Bertz CT molecular complexity index is 259. The molecule has 0 aliphatic carbocycles. The minimum absolute atomic E-state index is 0.227. The summed E-state index contributed by atoms with van der Waals surface area (Å²) in [5.74, 6) is -1.26. The minimum atomic E-state index is -1.34. The van der Waals surface area contributed by atoms with Crippen LogP contribution in [-0.2, 0) is 4.79 Å². The highest BCUT2D eigenvalue weighted by Crippen LogP contribution is 2.11. The van der Waals surface area contributed by atoms with Gasteiger partial charge in [-0.2, -0.15) is 0 Å². The summed E-state index contributed by atoms with van der Waals surface area (Å²) in [4.78, 5) is 16.6. The van der Waals surface area contributed by atoms with Gasteiger partial charge >= 0.3 is 5.97 Å². The monoisotopic (exact) mass is 171 g/mol. The predicted molar refractivity (Wildman–Crippen MR) is 39.2 cm³/mol. The first-order valence-corrected chi connectivity index (χ1v) is 3.28. The van der Waals surface area contributed by atoms with Crippen LogP contribution in [0.1, 0.15) is 11.8 Å². The van der Waals surface area contributed by atoms with Crippen molar-refractivity contribution < 1.29 is 15.0 Å². The lowest BCUT2D eigenvalue weighted by Crippen LogP contribution is -2.36. The van der Waals surface area contributed by atoms with Crippen LogP contribution in [0.5, 0.6) is 0 Å². The molecule has 0 aliphatic rings. The van der Waals surface area contributed by atoms with Crippen molar-refractivity contribution in [3.63, 3.8) is 0 Å². The predicted octanol–water partition coefficient (Wildman–Crippen LogP) is -1.15. The fourth-order valence-electron chi connectivity index (χ4n) is 0.752. The van der Waals surface area contributed by atoms with Crippen LogP contribution < -0.4 is 5.73 Å². The number of hydrogen-bond acceptors (Lipinski definition) is 4. The number of aliphatic carboxylic acids is 1. The molecule has 0 aliphatic heterocycles. The van der Waals surface area contributed by atoms with E-state index in [0.717, 1.165) is 0 Å². The molecule has 0 saturated carbocycles. The van der Waals surface area contributed by atoms with E-state index in [1.54, 1.807) is 0 Å². The second kappa shape index (κ2) is 3.33. The van der Waals surface area contributed by atoms with Gasteiger partial charge in [0, 0.05) is 6.20 Å². The highest BCUT2D eigenvalue weighted by Gasteiger charge is 2.24. The van der Waals surface area contributed by atoms with Crippen LogP contribution in [0.2, 0.25) is 0 Å². The van der Waals surface area contributed by atoms with E-state index >= 15 is 0 Å². The van der Waals surface area contributed by atoms with Gasteiger partial charge in [0.2, 0.25) is 0 Å². The molecule has 0 radical (unpaired) electrons. The van der Waals surface area contributed by atoms with Gasteiger partial charge in [0.05, 0.1) is 12.0 Å². The van der Waals surface area contributed by atoms with Crippen LogP contribution in [0.3, 0.4) is 0 Å². The van der Waals surface area contributed by atoms with Crippen molar-refractivity contribution in [2.24, 2.45) is 5.73 Å². The number of aliphatic hydroxyl groups is 1. The number of carbonyl (C=O) groups is 1. The molecule has 0 unspecified atom stereocenters. The molecule has 0 spiro atoms. The van der Waals surface area contributed by atoms with Crippen molar-refractivity contribution in [1.82, 2.24) is 9.97 Å². The fraction of sp³-hybridized carbons (Fsp3) is 0.333. The van der Waals surface area contributed by atoms with Gasteiger partial charge in [0.25, 0.3) is 0 Å². The van der Waals surface area contributed by atoms with Crippen molar-refractivity contribution in [3.8, 4) is 0 Å². The second-order valence-electron chi connectivity index (χ2n) is 2.30. The third-order valence-corrected chi connectivity index (χ3v) is 1.45. The molecule has 6 heteroatoms. The van der Waals surface area contributed by atoms with Crippen molar-refractivity contribution in [2.45, 2.75) is 12.1 Å². The van der Waals surface area contributed by atoms with E-state index in [-0.39, 0.29) is 5.69 Å². The number of carboxylic acid groups (broad SMARTS) is 1. The Morgan fingerprint density at radius 3 is 2.83 bits per heavy atom. The molecule has 0 saturated heterocycles. The van der Waals surface area contributed by atoms with Gasteiger partial charge in [-0.25, -0.2) is 4.98 Å². The van der Waals surface area contributed by atoms with E-state index in [1.165, 1.54) is 12.5 Å². The van der Waals surface area contributed by atoms with Gasteiger partial charge in [0.1, 0.15) is 12.1 Å². The average molecular weight is 171 g/mol. The summed E-state index contributed by atoms with van der Waals surface area (Å²) in [7, 11) is 0. The van der Waals surface area contributed by atoms with Crippen LogP contribution in [0, 0.1) is 0 Å². The van der Waals surface area contributed by atoms with Gasteiger partial charge in [-0.15, -0.1) is 0 Å². The zero-order valence-corrected chi connectivity index (χ0v) is 6.14. The molecule has 0 amide bonds. The SMILES string of the molecule is N[C@@H](C(=O)O)[C@@H](O)c1c[nH]cn1. The molecule has 0 aromatic carbocycles. The number of aliphatic hydroxyl groups excluding tert-OH is 1. The zero-order chi connectivity index (χ0) is 9.14. The fourth-order valence-corrected chi connectivity index (χ4v) is 0.752. The van der Waals surface area contributed by atoms with Gasteiger partial charge in [-0.1, -0.05) is 0 Å². The third-order valence-electron chi connectivity index (χ3n) is 1.45. The van der Waals surface area contributed by atoms with Crippen molar-refractivity contribution >= 4 is 5.97 Å². The highest BCUT2D eigenvalue weighted by molar-refractivity contribution is 5.74. The first-order valence-electron chi connectivity index (χ1n) is 3.28. The Kier molecular flexibility index (Phi) is 2.41. The Hall–Kier alpha value is -1.40. The molecule has 0 bridgehead atoms. The van der Waals surface area contributed by atoms with Crippen LogP contribution in [0.25, 0.3) is 0 Å². The lowest BCUT2D eigenvalue weighted by Gasteiger charge is -2.11. The van der Waals surface area contributed by atoms with Gasteiger partial charge in [0.15, 0.2) is 0 Å². The number of rotatable bonds is 3. The number of aromatic nitrogens is 2. The number of aromatic amines is 1. The van der Waals surface area contributed by atoms with E-state index in [0.29, 0.717) is 0 Å². The standard InChI is InChI=1S/C6H9N3O3/c7-4(6(11)12)5(10)3-1-8-2-9-3/h1-2,4-5,10H,7H2,(H,8,9)(H,11,12)/t4-,5+/m1/s1. The second-order valence-corrected chi connectivity index (χ2v) is 2.30. The third kappa shape index (κ3) is 1.60. The number of nitrogens with zero attached hydrogens (tertiary/aromatic N) is 1. The van der Waals surface area contributed by atoms with Crippen LogP contribution in [0.4, 0.5) is 0 Å². The van der Waals surface area contributed by atoms with Crippen molar-refractivity contribution in [3.05, 3.63) is 18.2 Å². The molecule has 1 rings (SSSR count). The minimum Gasteiger partial charge on any atom is -0.480 e. The smallest absolute Gasteiger partial charge is 0.323 e. The largest absolute Gasteiger partial charge is 0.480 e. The van der Waals surface area contributed by atoms with E-state index in [4.69, 9.17) is 10.8 Å². The number of nitrogens with two attached hydrogens (primary N) is 1. The number of hydrogen-bond donors (Lipinski definition) is 4. The summed E-state index contributed by atoms with van der Waals surface area (Å²) < 4.78 is 0. The quantitative estimate of drug-likeness (QED) is 0.459. The molecule has 0 fully saturated rings. The Balaban J connectivity index is 2.71. The van der Waals surface area contributed by atoms with Crippen LogP contribution >= 0.6 is 0 Å². The van der Waals surface area contributed by atoms with Gasteiger partial charge in [-0.3, -0.25) is 4.79 Å². The van der Waals surface area contributed by atoms with Crippen molar-refractivity contribution in [2.75, 3.05) is 0 Å². The molecule has 12 heavy (non-hydrogen) atoms. The molecule has 66 valence electrons. The van der Waals surface area contributed by atoms with Gasteiger partial charge < -0.3 is 20.9 Å². The first-order chi connectivity index (χ1) is 5.63. The molecule has 6 nitrogen and oxygen atoms in total. The van der Waals surface area contributed by atoms with E-state index < -0.39 is 18.1 Å². The van der Waals surface area contributed by atoms with E-state index in [9.17, 15) is 9.90 Å². The van der Waals surface area contributed by atoms with E-state index in [1.807, 2.05) is 0 Å². The topological polar surface area (TPSA) is 112 Å². The maximum absolute atomic E-state index is 10.3. The molecule has 5 N–H and O–H groups in total. The number of H-pyrrole nitrogens is 1. The highest BCUT2D eigenvalue weighted by atomic mass is 16.4. The Morgan fingerprint density at radius 1 is 1.75 bits per heavy atom. The summed E-state index contributed by atoms with van der Waals surface area (Å²) in [6.45, 7) is 0. The zero-order valence-electron chi connectivity index (χ0n) is 6.14. The molecule has 1 aromatic heterocycles. The number of nitrogens with one attached hydrogen (secondary N) is 1. The van der Waals surface area contributed by atoms with Crippen LogP contribution in [0.15, 0.2) is 12.5 Å². The lowest BCUT2D eigenvalue weighted by molar-refractivity contribution is -0.141. The van der Waals surface area contributed by atoms with Gasteiger partial charge in [-0.05, 0) is 0 Å². The summed E-state index contributed by atoms with van der Waals surface area (Å²) in [6, 6.07) is -1.34. The van der Waals surface area contributed by atoms with Crippen LogP contribution in [-0.4, -0.2) is 32.2 Å². The molecular formula is C6H9N3O3. The molecular weight excluding hydrogens is 162 g/mol. The van der Waals surface area contributed by atoms with E-state index in [2.05, 4.69) is 9.97 Å². The lowest BCUT2D eigenvalue weighted by atomic mass is 10.1. The molecule has 1 aromatic rings. The maximum Gasteiger partial charge on any atom is 0.323 e. The average Bonchev–Trinajstić information content (AvgIpc) is 2.53. The summed E-state index contributed by atoms with van der Waals surface area (Å²) >= 11 is 0. The number of carboxylic acids is 1. The normalized spacial score (nSPS) is 15.5. The summed E-state index contributed by atoms with van der Waals surface area (Å²) in [5.41, 5.74) is 5.37. The molecule has 2 atom stereocenters. The Labute approximate surface area is 68.0 Å². The Morgan fingerprint density at radius 2 is 2.42 bits per heavy atom. The number of imidazole rings is 1. The summed E-state index contributed by atoms with van der Waals surface area (Å²) in [5, 5.41) is 17.7. The van der Waals surface area contributed by atoms with Crippen molar-refractivity contribution in [1.29, 1.82) is 0 Å².